The van der Waals surface area contributed by atoms with E-state index in [-0.39, 0.29) is 5.91 Å². The number of carbonyl (C=O) groups excluding carboxylic acids is 1. The van der Waals surface area contributed by atoms with Crippen LogP contribution in [0, 0.1) is 0 Å². The van der Waals surface area contributed by atoms with Crippen LogP contribution in [0.5, 0.6) is 0 Å². The summed E-state index contributed by atoms with van der Waals surface area (Å²) in [5, 5.41) is 5.46. The maximum absolute atomic E-state index is 12.0. The summed E-state index contributed by atoms with van der Waals surface area (Å²) in [6.07, 6.45) is 0. The van der Waals surface area contributed by atoms with E-state index in [1.54, 1.807) is 0 Å². The maximum Gasteiger partial charge on any atom is 0.256 e. The van der Waals surface area contributed by atoms with Gasteiger partial charge in [-0.1, -0.05) is 34.1 Å². The lowest BCUT2D eigenvalue weighted by Gasteiger charge is -2.07. The molecule has 0 saturated heterocycles. The van der Waals surface area contributed by atoms with Crippen LogP contribution in [0.25, 0.3) is 0 Å². The molecule has 0 atom stereocenters. The standard InChI is InChI=1S/C12H9Br2NOS/c13-6-8-3-1-2-4-10(8)15-12(16)9-5-11(14)17-7-9/h1-5,7H,6H2,(H,15,16). The first-order chi connectivity index (χ1) is 8.20. The number of carbonyl (C=O) groups is 1. The van der Waals surface area contributed by atoms with Crippen molar-refractivity contribution in [3.05, 3.63) is 50.6 Å². The fraction of sp³-hybridized carbons (Fsp3) is 0.0833. The number of anilines is 1. The Morgan fingerprint density at radius 1 is 1.35 bits per heavy atom. The van der Waals surface area contributed by atoms with Gasteiger partial charge in [0.2, 0.25) is 0 Å². The Morgan fingerprint density at radius 3 is 2.76 bits per heavy atom. The second-order valence-electron chi connectivity index (χ2n) is 3.38. The molecule has 2 aromatic rings. The molecule has 1 amide bonds. The van der Waals surface area contributed by atoms with E-state index in [0.29, 0.717) is 5.56 Å². The number of para-hydroxylation sites is 1. The number of hydrogen-bond acceptors (Lipinski definition) is 2. The van der Waals surface area contributed by atoms with Crippen LogP contribution in [-0.2, 0) is 5.33 Å². The smallest absolute Gasteiger partial charge is 0.256 e. The van der Waals surface area contributed by atoms with E-state index < -0.39 is 0 Å². The van der Waals surface area contributed by atoms with Crippen molar-refractivity contribution in [2.45, 2.75) is 5.33 Å². The number of hydrogen-bond donors (Lipinski definition) is 1. The summed E-state index contributed by atoms with van der Waals surface area (Å²) >= 11 is 8.25. The molecule has 1 N–H and O–H groups in total. The second-order valence-corrected chi connectivity index (χ2v) is 6.24. The summed E-state index contributed by atoms with van der Waals surface area (Å²) in [7, 11) is 0. The molecule has 0 unspecified atom stereocenters. The predicted octanol–water partition coefficient (Wildman–Crippen LogP) is 4.66. The van der Waals surface area contributed by atoms with Crippen LogP contribution in [-0.4, -0.2) is 5.91 Å². The lowest BCUT2D eigenvalue weighted by molar-refractivity contribution is 0.102. The number of alkyl halides is 1. The molecule has 0 aliphatic heterocycles. The summed E-state index contributed by atoms with van der Waals surface area (Å²) in [5.74, 6) is -0.0830. The summed E-state index contributed by atoms with van der Waals surface area (Å²) in [5.41, 5.74) is 2.58. The van der Waals surface area contributed by atoms with Gasteiger partial charge in [0.15, 0.2) is 0 Å². The molecule has 2 rings (SSSR count). The Labute approximate surface area is 120 Å². The van der Waals surface area contributed by atoms with Crippen molar-refractivity contribution in [1.29, 1.82) is 0 Å². The molecule has 1 aromatic carbocycles. The van der Waals surface area contributed by atoms with E-state index >= 15 is 0 Å². The number of halogens is 2. The van der Waals surface area contributed by atoms with Crippen molar-refractivity contribution in [3.63, 3.8) is 0 Å². The molecule has 0 aliphatic carbocycles. The fourth-order valence-electron chi connectivity index (χ4n) is 1.38. The highest BCUT2D eigenvalue weighted by Gasteiger charge is 2.09. The van der Waals surface area contributed by atoms with Gasteiger partial charge in [-0.3, -0.25) is 4.79 Å². The topological polar surface area (TPSA) is 29.1 Å². The van der Waals surface area contributed by atoms with Gasteiger partial charge in [0.25, 0.3) is 5.91 Å². The monoisotopic (exact) mass is 373 g/mol. The zero-order valence-corrected chi connectivity index (χ0v) is 12.7. The molecule has 0 spiro atoms. The van der Waals surface area contributed by atoms with Crippen LogP contribution in [0.1, 0.15) is 15.9 Å². The van der Waals surface area contributed by atoms with E-state index in [4.69, 9.17) is 0 Å². The number of amides is 1. The van der Waals surface area contributed by atoms with Gasteiger partial charge in [-0.15, -0.1) is 11.3 Å². The van der Waals surface area contributed by atoms with Crippen LogP contribution in [0.3, 0.4) is 0 Å². The Kier molecular flexibility index (Phi) is 4.36. The average molecular weight is 375 g/mol. The third-order valence-electron chi connectivity index (χ3n) is 2.24. The van der Waals surface area contributed by atoms with Gasteiger partial charge < -0.3 is 5.32 Å². The molecule has 0 saturated carbocycles. The Morgan fingerprint density at radius 2 is 2.12 bits per heavy atom. The SMILES string of the molecule is O=C(Nc1ccccc1CBr)c1csc(Br)c1. The highest BCUT2D eigenvalue weighted by Crippen LogP contribution is 2.23. The van der Waals surface area contributed by atoms with Crippen LogP contribution in [0.4, 0.5) is 5.69 Å². The van der Waals surface area contributed by atoms with Gasteiger partial charge in [0, 0.05) is 16.4 Å². The first-order valence-electron chi connectivity index (χ1n) is 4.90. The van der Waals surface area contributed by atoms with Gasteiger partial charge in [-0.2, -0.15) is 0 Å². The van der Waals surface area contributed by atoms with E-state index in [9.17, 15) is 4.79 Å². The van der Waals surface area contributed by atoms with E-state index in [1.165, 1.54) is 11.3 Å². The van der Waals surface area contributed by atoms with Crippen LogP contribution < -0.4 is 5.32 Å². The minimum atomic E-state index is -0.0830. The lowest BCUT2D eigenvalue weighted by atomic mass is 10.2. The third-order valence-corrected chi connectivity index (χ3v) is 4.35. The van der Waals surface area contributed by atoms with Gasteiger partial charge in [-0.25, -0.2) is 0 Å². The van der Waals surface area contributed by atoms with E-state index in [1.807, 2.05) is 35.7 Å². The van der Waals surface area contributed by atoms with Crippen molar-refractivity contribution in [2.75, 3.05) is 5.32 Å². The number of nitrogens with one attached hydrogen (secondary N) is 1. The molecule has 2 nitrogen and oxygen atoms in total. The van der Waals surface area contributed by atoms with Crippen molar-refractivity contribution in [1.82, 2.24) is 0 Å². The number of thiophene rings is 1. The minimum absolute atomic E-state index is 0.0830. The Balaban J connectivity index is 2.18. The molecule has 1 aromatic heterocycles. The molecule has 0 bridgehead atoms. The molecule has 17 heavy (non-hydrogen) atoms. The summed E-state index contributed by atoms with van der Waals surface area (Å²) in [6, 6.07) is 9.55. The van der Waals surface area contributed by atoms with Crippen molar-refractivity contribution < 1.29 is 4.79 Å². The first kappa shape index (κ1) is 12.8. The average Bonchev–Trinajstić information content (AvgIpc) is 2.77. The zero-order valence-electron chi connectivity index (χ0n) is 8.74. The van der Waals surface area contributed by atoms with Crippen molar-refractivity contribution in [2.24, 2.45) is 0 Å². The van der Waals surface area contributed by atoms with Crippen LogP contribution in [0.15, 0.2) is 39.5 Å². The second kappa shape index (κ2) is 5.80. The summed E-state index contributed by atoms with van der Waals surface area (Å²) < 4.78 is 0.955. The Bertz CT molecular complexity index is 539. The van der Waals surface area contributed by atoms with Gasteiger partial charge in [-0.05, 0) is 33.6 Å². The molecule has 0 aliphatic rings. The minimum Gasteiger partial charge on any atom is -0.322 e. The van der Waals surface area contributed by atoms with Crippen molar-refractivity contribution >= 4 is 54.8 Å². The molecular weight excluding hydrogens is 366 g/mol. The molecule has 5 heteroatoms. The number of rotatable bonds is 3. The van der Waals surface area contributed by atoms with E-state index in [2.05, 4.69) is 37.2 Å². The van der Waals surface area contributed by atoms with Gasteiger partial charge in [0.1, 0.15) is 0 Å². The third kappa shape index (κ3) is 3.18. The Hall–Kier alpha value is -0.650. The first-order valence-corrected chi connectivity index (χ1v) is 7.69. The van der Waals surface area contributed by atoms with Crippen molar-refractivity contribution in [3.8, 4) is 0 Å². The molecule has 1 heterocycles. The summed E-state index contributed by atoms with van der Waals surface area (Å²) in [4.78, 5) is 12.0. The van der Waals surface area contributed by atoms with Gasteiger partial charge >= 0.3 is 0 Å². The maximum atomic E-state index is 12.0. The normalized spacial score (nSPS) is 10.2. The predicted molar refractivity (Wildman–Crippen MR) is 79.0 cm³/mol. The summed E-state index contributed by atoms with van der Waals surface area (Å²) in [6.45, 7) is 0. The van der Waals surface area contributed by atoms with Crippen LogP contribution >= 0.6 is 43.2 Å². The number of benzene rings is 1. The van der Waals surface area contributed by atoms with Crippen LogP contribution in [0.2, 0.25) is 0 Å². The molecule has 88 valence electrons. The molecular formula is C12H9Br2NOS. The molecule has 0 fully saturated rings. The quantitative estimate of drug-likeness (QED) is 0.778. The highest BCUT2D eigenvalue weighted by molar-refractivity contribution is 9.11. The largest absolute Gasteiger partial charge is 0.322 e. The fourth-order valence-corrected chi connectivity index (χ4v) is 3.01. The highest BCUT2D eigenvalue weighted by atomic mass is 79.9. The zero-order chi connectivity index (χ0) is 12.3. The molecule has 0 radical (unpaired) electrons. The lowest BCUT2D eigenvalue weighted by Crippen LogP contribution is -2.11. The van der Waals surface area contributed by atoms with Gasteiger partial charge in [0.05, 0.1) is 9.35 Å². The van der Waals surface area contributed by atoms with E-state index in [0.717, 1.165) is 20.4 Å².